The molecule has 32 heavy (non-hydrogen) atoms. The molecule has 0 unspecified atom stereocenters. The van der Waals surface area contributed by atoms with Crippen LogP contribution in [-0.4, -0.2) is 24.6 Å². The summed E-state index contributed by atoms with van der Waals surface area (Å²) in [6, 6.07) is 17.6. The van der Waals surface area contributed by atoms with Crippen molar-refractivity contribution in [2.45, 2.75) is 39.2 Å². The Hall–Kier alpha value is -3.60. The topological polar surface area (TPSA) is 78.6 Å². The van der Waals surface area contributed by atoms with Gasteiger partial charge in [-0.05, 0) is 90.4 Å². The van der Waals surface area contributed by atoms with Crippen molar-refractivity contribution in [3.8, 4) is 28.0 Å². The van der Waals surface area contributed by atoms with Crippen LogP contribution in [-0.2, 0) is 22.4 Å². The van der Waals surface area contributed by atoms with E-state index >= 15 is 0 Å². The third-order valence-electron chi connectivity index (χ3n) is 5.51. The number of nitrogens with two attached hydrogens (primary N) is 1. The number of hydrogen-bond donors (Lipinski definition) is 1. The summed E-state index contributed by atoms with van der Waals surface area (Å²) in [6.45, 7) is 5.57. The molecule has 1 aliphatic carbocycles. The van der Waals surface area contributed by atoms with Crippen molar-refractivity contribution in [2.24, 2.45) is 5.73 Å². The number of amides is 1. The first-order valence-electron chi connectivity index (χ1n) is 10.6. The summed E-state index contributed by atoms with van der Waals surface area (Å²) in [6.07, 6.45) is 0.808. The molecule has 0 radical (unpaired) electrons. The van der Waals surface area contributed by atoms with Crippen molar-refractivity contribution in [1.82, 2.24) is 0 Å². The van der Waals surface area contributed by atoms with Gasteiger partial charge in [0.15, 0.2) is 0 Å². The lowest BCUT2D eigenvalue weighted by Crippen LogP contribution is -2.24. The van der Waals surface area contributed by atoms with E-state index in [0.717, 1.165) is 44.7 Å². The third-order valence-corrected chi connectivity index (χ3v) is 5.51. The Morgan fingerprint density at radius 3 is 2.44 bits per heavy atom. The SMILES string of the molecule is COc1cccc(-c2cc(C(N)=O)c3c(c2)-c2ccc(CC(=O)OC(C)(C)C)cc2C3)c1. The maximum absolute atomic E-state index is 12.3. The van der Waals surface area contributed by atoms with Crippen LogP contribution in [0, 0.1) is 0 Å². The second kappa shape index (κ2) is 8.15. The van der Waals surface area contributed by atoms with E-state index in [1.165, 1.54) is 0 Å². The fourth-order valence-electron chi connectivity index (χ4n) is 4.19. The molecule has 2 N–H and O–H groups in total. The highest BCUT2D eigenvalue weighted by Crippen LogP contribution is 2.41. The summed E-state index contributed by atoms with van der Waals surface area (Å²) in [5.41, 5.74) is 12.6. The number of primary amides is 1. The van der Waals surface area contributed by atoms with Crippen LogP contribution in [0.15, 0.2) is 54.6 Å². The van der Waals surface area contributed by atoms with Gasteiger partial charge in [-0.2, -0.15) is 0 Å². The molecule has 1 aliphatic rings. The number of benzene rings is 3. The first kappa shape index (κ1) is 21.6. The van der Waals surface area contributed by atoms with E-state index in [4.69, 9.17) is 15.2 Å². The Morgan fingerprint density at radius 1 is 0.969 bits per heavy atom. The molecule has 0 atom stereocenters. The number of fused-ring (bicyclic) bond motifs is 3. The van der Waals surface area contributed by atoms with Crippen molar-refractivity contribution < 1.29 is 19.1 Å². The van der Waals surface area contributed by atoms with Crippen molar-refractivity contribution in [1.29, 1.82) is 0 Å². The molecule has 0 heterocycles. The summed E-state index contributed by atoms with van der Waals surface area (Å²) in [4.78, 5) is 24.6. The normalized spacial score (nSPS) is 12.1. The molecule has 0 saturated carbocycles. The van der Waals surface area contributed by atoms with Crippen LogP contribution in [0.2, 0.25) is 0 Å². The van der Waals surface area contributed by atoms with Crippen molar-refractivity contribution in [2.75, 3.05) is 7.11 Å². The third kappa shape index (κ3) is 4.37. The van der Waals surface area contributed by atoms with Crippen LogP contribution >= 0.6 is 0 Å². The zero-order valence-electron chi connectivity index (χ0n) is 18.8. The fraction of sp³-hybridized carbons (Fsp3) is 0.259. The van der Waals surface area contributed by atoms with Crippen LogP contribution < -0.4 is 10.5 Å². The van der Waals surface area contributed by atoms with E-state index in [2.05, 4.69) is 6.07 Å². The lowest BCUT2D eigenvalue weighted by molar-refractivity contribution is -0.153. The van der Waals surface area contributed by atoms with Gasteiger partial charge in [0.2, 0.25) is 5.91 Å². The number of ether oxygens (including phenoxy) is 2. The predicted octanol–water partition coefficient (Wildman–Crippen LogP) is 4.92. The molecule has 0 bridgehead atoms. The molecule has 0 aromatic heterocycles. The monoisotopic (exact) mass is 429 g/mol. The van der Waals surface area contributed by atoms with Gasteiger partial charge in [-0.15, -0.1) is 0 Å². The summed E-state index contributed by atoms with van der Waals surface area (Å²) >= 11 is 0. The molecular formula is C27H27NO4. The van der Waals surface area contributed by atoms with Crippen LogP contribution in [0.3, 0.4) is 0 Å². The van der Waals surface area contributed by atoms with Crippen LogP contribution in [0.25, 0.3) is 22.3 Å². The molecular weight excluding hydrogens is 402 g/mol. The lowest BCUT2D eigenvalue weighted by atomic mass is 9.94. The van der Waals surface area contributed by atoms with Gasteiger partial charge in [0.1, 0.15) is 11.4 Å². The summed E-state index contributed by atoms with van der Waals surface area (Å²) in [7, 11) is 1.63. The van der Waals surface area contributed by atoms with E-state index in [1.807, 2.05) is 69.3 Å². The Balaban J connectivity index is 1.72. The standard InChI is InChI=1S/C27H27NO4/c1-27(2,3)32-25(29)11-16-8-9-21-19(10-16)15-23-22(21)13-18(14-24(23)26(28)30)17-6-5-7-20(12-17)31-4/h5-10,12-14H,11,15H2,1-4H3,(H2,28,30). The molecule has 164 valence electrons. The minimum absolute atomic E-state index is 0.207. The number of methoxy groups -OCH3 is 1. The van der Waals surface area contributed by atoms with Gasteiger partial charge >= 0.3 is 5.97 Å². The maximum Gasteiger partial charge on any atom is 0.310 e. The van der Waals surface area contributed by atoms with Gasteiger partial charge in [0.05, 0.1) is 13.5 Å². The van der Waals surface area contributed by atoms with Gasteiger partial charge in [0.25, 0.3) is 0 Å². The summed E-state index contributed by atoms with van der Waals surface area (Å²) < 4.78 is 10.8. The predicted molar refractivity (Wildman–Crippen MR) is 125 cm³/mol. The molecule has 0 fully saturated rings. The average molecular weight is 430 g/mol. The number of esters is 1. The highest BCUT2D eigenvalue weighted by Gasteiger charge is 2.25. The zero-order valence-corrected chi connectivity index (χ0v) is 18.8. The molecule has 5 nitrogen and oxygen atoms in total. The largest absolute Gasteiger partial charge is 0.497 e. The van der Waals surface area contributed by atoms with Crippen LogP contribution in [0.4, 0.5) is 0 Å². The Morgan fingerprint density at radius 2 is 1.75 bits per heavy atom. The maximum atomic E-state index is 12.3. The summed E-state index contributed by atoms with van der Waals surface area (Å²) in [5, 5.41) is 0. The minimum atomic E-state index is -0.517. The second-order valence-electron chi connectivity index (χ2n) is 9.08. The molecule has 1 amide bonds. The fourth-order valence-corrected chi connectivity index (χ4v) is 4.19. The zero-order chi connectivity index (χ0) is 23.0. The molecule has 3 aromatic rings. The lowest BCUT2D eigenvalue weighted by Gasteiger charge is -2.19. The number of carbonyl (C=O) groups excluding carboxylic acids is 2. The molecule has 0 aliphatic heterocycles. The molecule has 0 saturated heterocycles. The van der Waals surface area contributed by atoms with E-state index in [0.29, 0.717) is 12.0 Å². The van der Waals surface area contributed by atoms with E-state index in [9.17, 15) is 9.59 Å². The van der Waals surface area contributed by atoms with E-state index < -0.39 is 11.5 Å². The highest BCUT2D eigenvalue weighted by molar-refractivity contribution is 6.00. The number of carbonyl (C=O) groups is 2. The first-order chi connectivity index (χ1) is 15.1. The smallest absolute Gasteiger partial charge is 0.310 e. The van der Waals surface area contributed by atoms with Gasteiger partial charge in [-0.25, -0.2) is 0 Å². The number of hydrogen-bond acceptors (Lipinski definition) is 4. The van der Waals surface area contributed by atoms with Crippen molar-refractivity contribution in [3.63, 3.8) is 0 Å². The van der Waals surface area contributed by atoms with Gasteiger partial charge < -0.3 is 15.2 Å². The molecule has 4 rings (SSSR count). The minimum Gasteiger partial charge on any atom is -0.497 e. The van der Waals surface area contributed by atoms with Gasteiger partial charge in [-0.3, -0.25) is 9.59 Å². The quantitative estimate of drug-likeness (QED) is 0.457. The highest BCUT2D eigenvalue weighted by atomic mass is 16.6. The van der Waals surface area contributed by atoms with Gasteiger partial charge in [0, 0.05) is 5.56 Å². The molecule has 3 aromatic carbocycles. The first-order valence-corrected chi connectivity index (χ1v) is 10.6. The Labute approximate surface area is 188 Å². The van der Waals surface area contributed by atoms with Crippen molar-refractivity contribution in [3.05, 3.63) is 76.9 Å². The van der Waals surface area contributed by atoms with Gasteiger partial charge in [-0.1, -0.05) is 30.3 Å². The van der Waals surface area contributed by atoms with E-state index in [-0.39, 0.29) is 12.4 Å². The molecule has 5 heteroatoms. The van der Waals surface area contributed by atoms with Crippen molar-refractivity contribution >= 4 is 11.9 Å². The Bertz CT molecular complexity index is 1220. The van der Waals surface area contributed by atoms with Crippen LogP contribution in [0.5, 0.6) is 5.75 Å². The number of rotatable bonds is 5. The van der Waals surface area contributed by atoms with Crippen LogP contribution in [0.1, 0.15) is 47.8 Å². The second-order valence-corrected chi connectivity index (χ2v) is 9.08. The van der Waals surface area contributed by atoms with E-state index in [1.54, 1.807) is 7.11 Å². The average Bonchev–Trinajstić information content (AvgIpc) is 3.09. The summed E-state index contributed by atoms with van der Waals surface area (Å²) in [5.74, 6) is 0.0367. The molecule has 0 spiro atoms. The Kier molecular flexibility index (Phi) is 5.51.